The molecule has 10 heteroatoms. The molecule has 4 aliphatic rings. The number of likely N-dealkylation sites (N-methyl/N-ethyl adjacent to an activating group) is 2. The average molecular weight is 422 g/mol. The van der Waals surface area contributed by atoms with Crippen molar-refractivity contribution in [1.29, 1.82) is 0 Å². The van der Waals surface area contributed by atoms with E-state index in [0.29, 0.717) is 11.8 Å². The predicted octanol–water partition coefficient (Wildman–Crippen LogP) is 0.365. The molecule has 6 unspecified atom stereocenters. The lowest BCUT2D eigenvalue weighted by molar-refractivity contribution is -0.161. The number of carbonyl (C=O) groups excluding carboxylic acids is 4. The summed E-state index contributed by atoms with van der Waals surface area (Å²) >= 11 is 0. The summed E-state index contributed by atoms with van der Waals surface area (Å²) in [6, 6.07) is -0.0957. The summed E-state index contributed by atoms with van der Waals surface area (Å²) in [6.07, 6.45) is 2.43. The van der Waals surface area contributed by atoms with E-state index in [4.69, 9.17) is 0 Å². The number of piperidine rings is 2. The second-order valence-electron chi connectivity index (χ2n) is 8.99. The van der Waals surface area contributed by atoms with Crippen molar-refractivity contribution in [3.05, 3.63) is 0 Å². The molecule has 4 bridgehead atoms. The molecule has 0 saturated carbocycles. The molecule has 0 spiro atoms. The van der Waals surface area contributed by atoms with Gasteiger partial charge in [0.05, 0.1) is 12.1 Å². The van der Waals surface area contributed by atoms with Crippen molar-refractivity contribution in [3.63, 3.8) is 0 Å². The Morgan fingerprint density at radius 3 is 1.47 bits per heavy atom. The molecule has 0 aromatic carbocycles. The van der Waals surface area contributed by atoms with Crippen LogP contribution in [0.15, 0.2) is 0 Å². The Kier molecular flexibility index (Phi) is 5.97. The largest absolute Gasteiger partial charge is 0.426 e. The van der Waals surface area contributed by atoms with Gasteiger partial charge in [0.2, 0.25) is 0 Å². The van der Waals surface area contributed by atoms with Gasteiger partial charge in [-0.05, 0) is 50.6 Å². The van der Waals surface area contributed by atoms with Crippen LogP contribution in [-0.2, 0) is 19.1 Å². The fourth-order valence-corrected chi connectivity index (χ4v) is 5.50. The third kappa shape index (κ3) is 4.15. The van der Waals surface area contributed by atoms with Gasteiger partial charge in [-0.25, -0.2) is 19.2 Å². The second kappa shape index (κ2) is 8.50. The highest BCUT2D eigenvalue weighted by Gasteiger charge is 2.42. The van der Waals surface area contributed by atoms with Crippen LogP contribution < -0.4 is 0 Å². The van der Waals surface area contributed by atoms with E-state index >= 15 is 0 Å². The van der Waals surface area contributed by atoms with Crippen molar-refractivity contribution in [1.82, 2.24) is 19.6 Å². The van der Waals surface area contributed by atoms with Crippen LogP contribution in [0.5, 0.6) is 0 Å². The molecule has 6 atom stereocenters. The minimum Gasteiger partial charge on any atom is -0.367 e. The van der Waals surface area contributed by atoms with E-state index in [-0.39, 0.29) is 12.1 Å². The standard InChI is InChI=1S/C20H30N4O6/c1-21(15-11-23-7-3-5-13(15)9-23)19(27)29-17(25)18(26)30-20(28)22(2)16-12-24-8-4-6-14(16)10-24/h13-16H,3-12H2,1-2H3. The van der Waals surface area contributed by atoms with Gasteiger partial charge in [0.15, 0.2) is 0 Å². The zero-order valence-corrected chi connectivity index (χ0v) is 17.6. The van der Waals surface area contributed by atoms with Crippen LogP contribution in [-0.4, -0.2) is 109 Å². The molecule has 166 valence electrons. The molecule has 10 nitrogen and oxygen atoms in total. The first-order valence-corrected chi connectivity index (χ1v) is 10.8. The highest BCUT2D eigenvalue weighted by Crippen LogP contribution is 2.31. The van der Waals surface area contributed by atoms with Crippen LogP contribution in [0.25, 0.3) is 0 Å². The number of esters is 2. The Bertz CT molecular complexity index is 670. The predicted molar refractivity (Wildman–Crippen MR) is 104 cm³/mol. The molecule has 2 amide bonds. The third-order valence-electron chi connectivity index (χ3n) is 7.16. The van der Waals surface area contributed by atoms with Crippen LogP contribution in [0, 0.1) is 11.8 Å². The summed E-state index contributed by atoms with van der Waals surface area (Å²) in [5.41, 5.74) is 0. The maximum Gasteiger partial charge on any atom is 0.426 e. The Morgan fingerprint density at radius 2 is 1.10 bits per heavy atom. The maximum absolute atomic E-state index is 12.3. The fourth-order valence-electron chi connectivity index (χ4n) is 5.50. The molecule has 4 aliphatic heterocycles. The van der Waals surface area contributed by atoms with Gasteiger partial charge in [0, 0.05) is 40.3 Å². The number of carbonyl (C=O) groups is 4. The Hall–Kier alpha value is -2.20. The van der Waals surface area contributed by atoms with Crippen molar-refractivity contribution >= 4 is 24.1 Å². The molecule has 0 aromatic heterocycles. The summed E-state index contributed by atoms with van der Waals surface area (Å²) < 4.78 is 9.37. The van der Waals surface area contributed by atoms with E-state index in [9.17, 15) is 19.2 Å². The van der Waals surface area contributed by atoms with E-state index in [1.165, 1.54) is 9.80 Å². The molecular formula is C20H30N4O6. The van der Waals surface area contributed by atoms with Crippen molar-refractivity contribution in [2.75, 3.05) is 53.4 Å². The van der Waals surface area contributed by atoms with Gasteiger partial charge in [-0.15, -0.1) is 0 Å². The molecule has 0 aliphatic carbocycles. The zero-order chi connectivity index (χ0) is 21.4. The number of fused-ring (bicyclic) bond motifs is 4. The summed E-state index contributed by atoms with van der Waals surface area (Å²) in [6.45, 7) is 5.35. The second-order valence-corrected chi connectivity index (χ2v) is 8.99. The lowest BCUT2D eigenvalue weighted by Gasteiger charge is -2.28. The van der Waals surface area contributed by atoms with Gasteiger partial charge in [-0.2, -0.15) is 0 Å². The number of hydrogen-bond donors (Lipinski definition) is 0. The van der Waals surface area contributed by atoms with E-state index in [1.807, 2.05) is 0 Å². The van der Waals surface area contributed by atoms with Gasteiger partial charge >= 0.3 is 24.1 Å². The van der Waals surface area contributed by atoms with E-state index in [0.717, 1.165) is 65.0 Å². The monoisotopic (exact) mass is 422 g/mol. The van der Waals surface area contributed by atoms with Gasteiger partial charge in [-0.1, -0.05) is 0 Å². The lowest BCUT2D eigenvalue weighted by atomic mass is 9.96. The maximum atomic E-state index is 12.3. The minimum absolute atomic E-state index is 0.0479. The van der Waals surface area contributed by atoms with Crippen LogP contribution in [0.2, 0.25) is 0 Å². The number of ether oxygens (including phenoxy) is 2. The number of amides is 2. The topological polar surface area (TPSA) is 99.7 Å². The minimum atomic E-state index is -1.47. The first kappa shape index (κ1) is 21.0. The molecule has 4 fully saturated rings. The number of rotatable bonds is 2. The molecule has 4 rings (SSSR count). The van der Waals surface area contributed by atoms with Crippen molar-refractivity contribution in [3.8, 4) is 0 Å². The highest BCUT2D eigenvalue weighted by molar-refractivity contribution is 6.33. The highest BCUT2D eigenvalue weighted by atomic mass is 16.7. The quantitative estimate of drug-likeness (QED) is 0.357. The van der Waals surface area contributed by atoms with Crippen LogP contribution >= 0.6 is 0 Å². The molecule has 0 N–H and O–H groups in total. The third-order valence-corrected chi connectivity index (χ3v) is 7.16. The first-order chi connectivity index (χ1) is 14.3. The van der Waals surface area contributed by atoms with Gasteiger partial charge < -0.3 is 29.1 Å². The van der Waals surface area contributed by atoms with Gasteiger partial charge in [0.1, 0.15) is 0 Å². The molecular weight excluding hydrogens is 392 g/mol. The van der Waals surface area contributed by atoms with E-state index < -0.39 is 24.1 Å². The van der Waals surface area contributed by atoms with Crippen molar-refractivity contribution in [2.45, 2.75) is 37.8 Å². The van der Waals surface area contributed by atoms with Crippen LogP contribution in [0.3, 0.4) is 0 Å². The number of hydrogen-bond acceptors (Lipinski definition) is 8. The SMILES string of the molecule is CN(C(=O)OC(=O)C(=O)OC(=O)N(C)C1CN2CCCC1C2)C1CN2CCCC1C2. The zero-order valence-electron chi connectivity index (χ0n) is 17.6. The van der Waals surface area contributed by atoms with Gasteiger partial charge in [0.25, 0.3) is 0 Å². The summed E-state index contributed by atoms with van der Waals surface area (Å²) in [5, 5.41) is 0. The summed E-state index contributed by atoms with van der Waals surface area (Å²) in [5.74, 6) is -2.25. The number of nitrogens with zero attached hydrogens (tertiary/aromatic N) is 4. The average Bonchev–Trinajstić information content (AvgIpc) is 3.19. The fraction of sp³-hybridized carbons (Fsp3) is 0.800. The molecule has 30 heavy (non-hydrogen) atoms. The molecule has 4 saturated heterocycles. The Balaban J connectivity index is 1.26. The van der Waals surface area contributed by atoms with E-state index in [1.54, 1.807) is 14.1 Å². The lowest BCUT2D eigenvalue weighted by Crippen LogP contribution is -2.45. The summed E-state index contributed by atoms with van der Waals surface area (Å²) in [7, 11) is 3.14. The van der Waals surface area contributed by atoms with Crippen LogP contribution in [0.4, 0.5) is 9.59 Å². The normalized spacial score (nSPS) is 34.2. The van der Waals surface area contributed by atoms with Crippen molar-refractivity contribution < 1.29 is 28.7 Å². The van der Waals surface area contributed by atoms with Gasteiger partial charge in [-0.3, -0.25) is 0 Å². The summed E-state index contributed by atoms with van der Waals surface area (Å²) in [4.78, 5) is 56.1. The van der Waals surface area contributed by atoms with E-state index in [2.05, 4.69) is 19.3 Å². The van der Waals surface area contributed by atoms with Crippen molar-refractivity contribution in [2.24, 2.45) is 11.8 Å². The molecule has 4 heterocycles. The molecule has 0 aromatic rings. The Labute approximate surface area is 176 Å². The van der Waals surface area contributed by atoms with Crippen LogP contribution in [0.1, 0.15) is 25.7 Å². The first-order valence-electron chi connectivity index (χ1n) is 10.8. The molecule has 0 radical (unpaired) electrons. The Morgan fingerprint density at radius 1 is 0.700 bits per heavy atom. The smallest absolute Gasteiger partial charge is 0.367 e.